The number of hydrogen-bond donors (Lipinski definition) is 1. The summed E-state index contributed by atoms with van der Waals surface area (Å²) in [7, 11) is 0. The molecular weight excluding hydrogens is 303 g/mol. The summed E-state index contributed by atoms with van der Waals surface area (Å²) in [5.41, 5.74) is 2.84. The van der Waals surface area contributed by atoms with E-state index < -0.39 is 0 Å². The summed E-state index contributed by atoms with van der Waals surface area (Å²) in [5.74, 6) is -0.0919. The monoisotopic (exact) mass is 316 g/mol. The van der Waals surface area contributed by atoms with Crippen LogP contribution in [0.15, 0.2) is 48.5 Å². The van der Waals surface area contributed by atoms with E-state index in [2.05, 4.69) is 28.5 Å². The third kappa shape index (κ3) is 2.60. The first kappa shape index (κ1) is 12.1. The number of carbonyl (C=O) groups is 1. The zero-order chi connectivity index (χ0) is 13.2. The summed E-state index contributed by atoms with van der Waals surface area (Å²) in [6.07, 6.45) is 0. The van der Waals surface area contributed by atoms with Gasteiger partial charge in [-0.25, -0.2) is 0 Å². The first-order valence-electron chi connectivity index (χ1n) is 5.96. The minimum absolute atomic E-state index is 0.0907. The summed E-state index contributed by atoms with van der Waals surface area (Å²) < 4.78 is 2.00. The van der Waals surface area contributed by atoms with Crippen LogP contribution >= 0.6 is 0 Å². The number of carbonyl (C=O) groups excluding carboxylic acids is 1. The molecular formula is C15H12N2OSe. The Balaban J connectivity index is 1.87. The third-order valence-corrected chi connectivity index (χ3v) is 4.80. The minimum atomic E-state index is -0.0919. The Hall–Kier alpha value is -1.90. The maximum atomic E-state index is 12.0. The van der Waals surface area contributed by atoms with Gasteiger partial charge in [-0.2, -0.15) is 0 Å². The second kappa shape index (κ2) is 5.00. The van der Waals surface area contributed by atoms with Gasteiger partial charge in [-0.15, -0.1) is 0 Å². The average Bonchev–Trinajstić information content (AvgIpc) is 2.81. The van der Waals surface area contributed by atoms with Gasteiger partial charge in [0.05, 0.1) is 0 Å². The zero-order valence-electron chi connectivity index (χ0n) is 10.4. The van der Waals surface area contributed by atoms with Crippen molar-refractivity contribution in [2.45, 2.75) is 6.92 Å². The number of rotatable bonds is 2. The predicted octanol–water partition coefficient (Wildman–Crippen LogP) is 2.85. The molecule has 0 saturated carbocycles. The molecule has 94 valence electrons. The Kier molecular flexibility index (Phi) is 3.20. The Morgan fingerprint density at radius 1 is 1.16 bits per heavy atom. The molecule has 1 aromatic heterocycles. The standard InChI is InChI=1S/C15H12N2OSe/c1-10-7-8-13-12(9-10)16-15(19-13)17-14(18)11-5-3-2-4-6-11/h2-9H,1H3,(H,16,17,18). The van der Waals surface area contributed by atoms with Crippen LogP contribution in [0.1, 0.15) is 15.9 Å². The zero-order valence-corrected chi connectivity index (χ0v) is 12.1. The van der Waals surface area contributed by atoms with E-state index in [-0.39, 0.29) is 20.4 Å². The van der Waals surface area contributed by atoms with Gasteiger partial charge in [0.1, 0.15) is 0 Å². The van der Waals surface area contributed by atoms with Crippen molar-refractivity contribution >= 4 is 34.9 Å². The Morgan fingerprint density at radius 3 is 2.74 bits per heavy atom. The molecule has 0 bridgehead atoms. The van der Waals surface area contributed by atoms with Gasteiger partial charge >= 0.3 is 117 Å². The van der Waals surface area contributed by atoms with Crippen LogP contribution in [0.5, 0.6) is 0 Å². The number of hydrogen-bond acceptors (Lipinski definition) is 2. The van der Waals surface area contributed by atoms with E-state index in [1.807, 2.05) is 25.1 Å². The van der Waals surface area contributed by atoms with Gasteiger partial charge < -0.3 is 0 Å². The maximum absolute atomic E-state index is 12.0. The molecule has 0 aliphatic rings. The fourth-order valence-electron chi connectivity index (χ4n) is 1.85. The average molecular weight is 315 g/mol. The summed E-state index contributed by atoms with van der Waals surface area (Å²) >= 11 is 0.0907. The Labute approximate surface area is 117 Å². The molecule has 0 atom stereocenters. The van der Waals surface area contributed by atoms with Crippen molar-refractivity contribution < 1.29 is 4.79 Å². The van der Waals surface area contributed by atoms with E-state index in [0.29, 0.717) is 5.56 Å². The molecule has 1 heterocycles. The molecule has 0 unspecified atom stereocenters. The molecule has 0 saturated heterocycles. The molecule has 3 rings (SSSR count). The molecule has 0 radical (unpaired) electrons. The molecule has 0 spiro atoms. The van der Waals surface area contributed by atoms with E-state index in [1.54, 1.807) is 12.1 Å². The van der Waals surface area contributed by atoms with Gasteiger partial charge in [-0.1, -0.05) is 0 Å². The second-order valence-electron chi connectivity index (χ2n) is 4.31. The van der Waals surface area contributed by atoms with Gasteiger partial charge in [0, 0.05) is 0 Å². The quantitative estimate of drug-likeness (QED) is 0.739. The molecule has 0 aliphatic heterocycles. The van der Waals surface area contributed by atoms with Gasteiger partial charge in [-0.05, 0) is 0 Å². The summed E-state index contributed by atoms with van der Waals surface area (Å²) in [6.45, 7) is 2.04. The van der Waals surface area contributed by atoms with Crippen LogP contribution in [0.4, 0.5) is 4.69 Å². The molecule has 3 nitrogen and oxygen atoms in total. The van der Waals surface area contributed by atoms with E-state index in [9.17, 15) is 4.79 Å². The van der Waals surface area contributed by atoms with Crippen molar-refractivity contribution in [1.82, 2.24) is 4.98 Å². The fourth-order valence-corrected chi connectivity index (χ4v) is 3.61. The van der Waals surface area contributed by atoms with E-state index >= 15 is 0 Å². The number of amides is 1. The second-order valence-corrected chi connectivity index (χ2v) is 6.47. The van der Waals surface area contributed by atoms with Crippen molar-refractivity contribution in [3.8, 4) is 0 Å². The first-order valence-corrected chi connectivity index (χ1v) is 7.67. The summed E-state index contributed by atoms with van der Waals surface area (Å²) in [6, 6.07) is 15.4. The van der Waals surface area contributed by atoms with Gasteiger partial charge in [-0.3, -0.25) is 0 Å². The van der Waals surface area contributed by atoms with Gasteiger partial charge in [0.25, 0.3) is 0 Å². The number of aryl methyl sites for hydroxylation is 1. The van der Waals surface area contributed by atoms with Crippen LogP contribution in [0, 0.1) is 6.92 Å². The molecule has 3 aromatic rings. The number of aromatic nitrogens is 1. The van der Waals surface area contributed by atoms with Gasteiger partial charge in [0.2, 0.25) is 0 Å². The summed E-state index contributed by atoms with van der Waals surface area (Å²) in [5, 5.41) is 2.90. The molecule has 0 fully saturated rings. The van der Waals surface area contributed by atoms with Crippen molar-refractivity contribution in [3.63, 3.8) is 0 Å². The molecule has 4 heteroatoms. The molecule has 1 N–H and O–H groups in total. The van der Waals surface area contributed by atoms with Crippen LogP contribution in [-0.4, -0.2) is 25.4 Å². The third-order valence-electron chi connectivity index (χ3n) is 2.80. The predicted molar refractivity (Wildman–Crippen MR) is 77.8 cm³/mol. The number of benzene rings is 2. The normalized spacial score (nSPS) is 10.6. The van der Waals surface area contributed by atoms with Crippen LogP contribution in [0.25, 0.3) is 9.78 Å². The van der Waals surface area contributed by atoms with Crippen LogP contribution < -0.4 is 5.32 Å². The van der Waals surface area contributed by atoms with Crippen molar-refractivity contribution in [1.29, 1.82) is 0 Å². The number of nitrogens with one attached hydrogen (secondary N) is 1. The molecule has 1 amide bonds. The van der Waals surface area contributed by atoms with Crippen LogP contribution in [0.3, 0.4) is 0 Å². The molecule has 2 aromatic carbocycles. The van der Waals surface area contributed by atoms with E-state index in [0.717, 1.165) is 10.2 Å². The number of fused-ring (bicyclic) bond motifs is 1. The Bertz CT molecular complexity index is 734. The number of anilines is 1. The first-order chi connectivity index (χ1) is 9.22. The summed E-state index contributed by atoms with van der Waals surface area (Å²) in [4.78, 5) is 16.5. The van der Waals surface area contributed by atoms with Crippen LogP contribution in [-0.2, 0) is 0 Å². The van der Waals surface area contributed by atoms with Crippen molar-refractivity contribution in [2.75, 3.05) is 5.32 Å². The van der Waals surface area contributed by atoms with E-state index in [1.165, 1.54) is 9.82 Å². The van der Waals surface area contributed by atoms with Crippen molar-refractivity contribution in [2.24, 2.45) is 0 Å². The van der Waals surface area contributed by atoms with Crippen molar-refractivity contribution in [3.05, 3.63) is 59.7 Å². The molecule has 0 aliphatic carbocycles. The van der Waals surface area contributed by atoms with E-state index in [4.69, 9.17) is 0 Å². The number of nitrogens with zero attached hydrogens (tertiary/aromatic N) is 1. The Morgan fingerprint density at radius 2 is 1.95 bits per heavy atom. The fraction of sp³-hybridized carbons (Fsp3) is 0.0667. The SMILES string of the molecule is Cc1ccc2[se]c(NC(=O)c3ccccc3)nc2c1. The molecule has 19 heavy (non-hydrogen) atoms. The topological polar surface area (TPSA) is 42.0 Å². The van der Waals surface area contributed by atoms with Gasteiger partial charge in [0.15, 0.2) is 0 Å². The van der Waals surface area contributed by atoms with Crippen LogP contribution in [0.2, 0.25) is 0 Å².